The van der Waals surface area contributed by atoms with Crippen molar-refractivity contribution in [3.05, 3.63) is 23.2 Å². The predicted octanol–water partition coefficient (Wildman–Crippen LogP) is 3.79. The van der Waals surface area contributed by atoms with Gasteiger partial charge in [-0.05, 0) is 12.5 Å². The van der Waals surface area contributed by atoms with E-state index in [4.69, 9.17) is 9.52 Å². The molecule has 0 atom stereocenters. The lowest BCUT2D eigenvalue weighted by Gasteiger charge is -2.19. The molecule has 0 aliphatic heterocycles. The van der Waals surface area contributed by atoms with E-state index >= 15 is 0 Å². The van der Waals surface area contributed by atoms with Crippen molar-refractivity contribution in [1.82, 2.24) is 0 Å². The Balaban J connectivity index is 3.27. The van der Waals surface area contributed by atoms with Gasteiger partial charge in [-0.15, -0.1) is 0 Å². The zero-order valence-electron chi connectivity index (χ0n) is 10.6. The summed E-state index contributed by atoms with van der Waals surface area (Å²) in [5.74, 6) is 0.512. The number of aromatic carboxylic acids is 1. The first-order valence-corrected chi connectivity index (χ1v) is 5.67. The molecule has 1 heterocycles. The molecule has 0 aliphatic carbocycles. The van der Waals surface area contributed by atoms with Gasteiger partial charge in [0.2, 0.25) is 0 Å². The van der Waals surface area contributed by atoms with Crippen LogP contribution in [-0.4, -0.2) is 11.1 Å². The van der Waals surface area contributed by atoms with Gasteiger partial charge in [0.05, 0.1) is 0 Å². The van der Waals surface area contributed by atoms with Gasteiger partial charge in [-0.1, -0.05) is 34.6 Å². The number of furan rings is 1. The van der Waals surface area contributed by atoms with E-state index in [0.717, 1.165) is 12.2 Å². The Hall–Kier alpha value is -1.25. The van der Waals surface area contributed by atoms with E-state index in [2.05, 4.69) is 20.8 Å². The lowest BCUT2D eigenvalue weighted by molar-refractivity contribution is 0.0694. The van der Waals surface area contributed by atoms with Crippen LogP contribution < -0.4 is 0 Å². The Morgan fingerprint density at radius 1 is 1.50 bits per heavy atom. The largest absolute Gasteiger partial charge is 0.478 e. The summed E-state index contributed by atoms with van der Waals surface area (Å²) in [5, 5.41) is 9.11. The first kappa shape index (κ1) is 12.8. The first-order chi connectivity index (χ1) is 7.29. The fraction of sp³-hybridized carbons (Fsp3) is 0.615. The monoisotopic (exact) mass is 224 g/mol. The van der Waals surface area contributed by atoms with E-state index in [0.29, 0.717) is 11.3 Å². The Morgan fingerprint density at radius 2 is 2.06 bits per heavy atom. The summed E-state index contributed by atoms with van der Waals surface area (Å²) in [5.41, 5.74) is 0.184. The van der Waals surface area contributed by atoms with Gasteiger partial charge >= 0.3 is 5.97 Å². The van der Waals surface area contributed by atoms with Crippen LogP contribution in [-0.2, 0) is 5.41 Å². The smallest absolute Gasteiger partial charge is 0.339 e. The van der Waals surface area contributed by atoms with Crippen LogP contribution in [0.25, 0.3) is 0 Å². The molecule has 0 fully saturated rings. The molecule has 1 aromatic rings. The predicted molar refractivity (Wildman–Crippen MR) is 63.1 cm³/mol. The van der Waals surface area contributed by atoms with Crippen LogP contribution in [0.5, 0.6) is 0 Å². The van der Waals surface area contributed by atoms with Crippen molar-refractivity contribution in [3.8, 4) is 0 Å². The van der Waals surface area contributed by atoms with E-state index in [-0.39, 0.29) is 11.3 Å². The highest BCUT2D eigenvalue weighted by Gasteiger charge is 2.27. The third-order valence-corrected chi connectivity index (χ3v) is 3.07. The molecule has 3 nitrogen and oxygen atoms in total. The van der Waals surface area contributed by atoms with Crippen molar-refractivity contribution in [2.45, 2.75) is 52.4 Å². The molecule has 0 saturated carbocycles. The zero-order valence-corrected chi connectivity index (χ0v) is 10.6. The number of hydrogen-bond donors (Lipinski definition) is 1. The molecule has 3 heteroatoms. The second kappa shape index (κ2) is 4.32. The van der Waals surface area contributed by atoms with Gasteiger partial charge in [0.15, 0.2) is 0 Å². The van der Waals surface area contributed by atoms with Crippen molar-refractivity contribution >= 4 is 5.97 Å². The standard InChI is InChI=1S/C13H20O3/c1-6-13(4,5)10-7-9(12(14)15)11(16-10)8(2)3/h7-8H,6H2,1-5H3,(H,14,15). The summed E-state index contributed by atoms with van der Waals surface area (Å²) in [7, 11) is 0. The van der Waals surface area contributed by atoms with E-state index in [1.165, 1.54) is 0 Å². The van der Waals surface area contributed by atoms with Gasteiger partial charge in [-0.3, -0.25) is 0 Å². The van der Waals surface area contributed by atoms with Crippen LogP contribution in [0.15, 0.2) is 10.5 Å². The SMILES string of the molecule is CCC(C)(C)c1cc(C(=O)O)c(C(C)C)o1. The van der Waals surface area contributed by atoms with Crippen molar-refractivity contribution in [1.29, 1.82) is 0 Å². The summed E-state index contributed by atoms with van der Waals surface area (Å²) < 4.78 is 5.71. The summed E-state index contributed by atoms with van der Waals surface area (Å²) in [4.78, 5) is 11.1. The molecule has 0 saturated heterocycles. The summed E-state index contributed by atoms with van der Waals surface area (Å²) >= 11 is 0. The molecular weight excluding hydrogens is 204 g/mol. The minimum atomic E-state index is -0.911. The minimum Gasteiger partial charge on any atom is -0.478 e. The third kappa shape index (κ3) is 2.29. The highest BCUT2D eigenvalue weighted by molar-refractivity contribution is 5.89. The molecule has 0 bridgehead atoms. The number of carboxylic acid groups (broad SMARTS) is 1. The number of carbonyl (C=O) groups is 1. The van der Waals surface area contributed by atoms with E-state index in [1.54, 1.807) is 6.07 Å². The fourth-order valence-corrected chi connectivity index (χ4v) is 1.51. The van der Waals surface area contributed by atoms with E-state index < -0.39 is 5.97 Å². The molecule has 0 radical (unpaired) electrons. The number of carboxylic acids is 1. The maximum Gasteiger partial charge on any atom is 0.339 e. The average molecular weight is 224 g/mol. The third-order valence-electron chi connectivity index (χ3n) is 3.07. The number of rotatable bonds is 4. The molecule has 0 aliphatic rings. The van der Waals surface area contributed by atoms with Gasteiger partial charge in [-0.2, -0.15) is 0 Å². The van der Waals surface area contributed by atoms with Crippen LogP contribution in [0.2, 0.25) is 0 Å². The Kier molecular flexibility index (Phi) is 3.46. The molecule has 1 aromatic heterocycles. The van der Waals surface area contributed by atoms with Gasteiger partial charge in [0.25, 0.3) is 0 Å². The van der Waals surface area contributed by atoms with Gasteiger partial charge in [-0.25, -0.2) is 4.79 Å². The maximum absolute atomic E-state index is 11.1. The Bertz CT molecular complexity index is 386. The van der Waals surface area contributed by atoms with Crippen molar-refractivity contribution in [2.24, 2.45) is 0 Å². The van der Waals surface area contributed by atoms with Crippen molar-refractivity contribution in [2.75, 3.05) is 0 Å². The molecule has 16 heavy (non-hydrogen) atoms. The van der Waals surface area contributed by atoms with E-state index in [9.17, 15) is 4.79 Å². The van der Waals surface area contributed by atoms with Crippen LogP contribution >= 0.6 is 0 Å². The van der Waals surface area contributed by atoms with Gasteiger partial charge in [0.1, 0.15) is 17.1 Å². The van der Waals surface area contributed by atoms with Crippen molar-refractivity contribution < 1.29 is 14.3 Å². The van der Waals surface area contributed by atoms with Gasteiger partial charge in [0, 0.05) is 11.3 Å². The zero-order chi connectivity index (χ0) is 12.5. The molecule has 0 spiro atoms. The topological polar surface area (TPSA) is 50.4 Å². The molecule has 1 N–H and O–H groups in total. The molecular formula is C13H20O3. The Morgan fingerprint density at radius 3 is 2.38 bits per heavy atom. The normalized spacial score (nSPS) is 12.1. The van der Waals surface area contributed by atoms with Crippen LogP contribution in [0.4, 0.5) is 0 Å². The summed E-state index contributed by atoms with van der Waals surface area (Å²) in [6, 6.07) is 1.67. The number of hydrogen-bond acceptors (Lipinski definition) is 2. The molecule has 0 unspecified atom stereocenters. The highest BCUT2D eigenvalue weighted by atomic mass is 16.4. The minimum absolute atomic E-state index is 0.0903. The summed E-state index contributed by atoms with van der Waals surface area (Å²) in [6.07, 6.45) is 0.914. The van der Waals surface area contributed by atoms with Crippen LogP contribution in [0.1, 0.15) is 68.8 Å². The van der Waals surface area contributed by atoms with E-state index in [1.807, 2.05) is 13.8 Å². The van der Waals surface area contributed by atoms with Crippen LogP contribution in [0, 0.1) is 0 Å². The molecule has 0 aromatic carbocycles. The fourth-order valence-electron chi connectivity index (χ4n) is 1.51. The lowest BCUT2D eigenvalue weighted by atomic mass is 9.87. The van der Waals surface area contributed by atoms with Crippen LogP contribution in [0.3, 0.4) is 0 Å². The quantitative estimate of drug-likeness (QED) is 0.846. The highest BCUT2D eigenvalue weighted by Crippen LogP contribution is 2.33. The second-order valence-corrected chi connectivity index (χ2v) is 5.09. The Labute approximate surface area is 96.5 Å². The molecule has 90 valence electrons. The summed E-state index contributed by atoms with van der Waals surface area (Å²) in [6.45, 7) is 10.1. The van der Waals surface area contributed by atoms with Gasteiger partial charge < -0.3 is 9.52 Å². The first-order valence-electron chi connectivity index (χ1n) is 5.67. The average Bonchev–Trinajstić information content (AvgIpc) is 2.62. The lowest BCUT2D eigenvalue weighted by Crippen LogP contribution is -2.14. The maximum atomic E-state index is 11.1. The molecule has 1 rings (SSSR count). The van der Waals surface area contributed by atoms with Crippen molar-refractivity contribution in [3.63, 3.8) is 0 Å². The molecule has 0 amide bonds. The second-order valence-electron chi connectivity index (χ2n) is 5.09.